The highest BCUT2D eigenvalue weighted by Gasteiger charge is 2.19. The lowest BCUT2D eigenvalue weighted by Crippen LogP contribution is -2.33. The van der Waals surface area contributed by atoms with Crippen LogP contribution in [0.25, 0.3) is 5.65 Å². The van der Waals surface area contributed by atoms with E-state index in [1.807, 2.05) is 6.92 Å². The van der Waals surface area contributed by atoms with Gasteiger partial charge in [0.05, 0.1) is 5.60 Å². The Bertz CT molecular complexity index is 629. The minimum absolute atomic E-state index is 0.301. The molecule has 7 nitrogen and oxygen atoms in total. The third-order valence-electron chi connectivity index (χ3n) is 3.01. The standard InChI is InChI=1S/C12H19N5O2/c1-4-5-12(3,19)7-13-9-6-10-15-16-11(18)17(10)8(2)14-9/h6,13,19H,4-5,7H2,1-3H3,(H,16,18). The Kier molecular flexibility index (Phi) is 3.57. The van der Waals surface area contributed by atoms with Crippen molar-refractivity contribution in [2.45, 2.75) is 39.2 Å². The summed E-state index contributed by atoms with van der Waals surface area (Å²) in [6, 6.07) is 1.67. The number of aliphatic hydroxyl groups is 1. The van der Waals surface area contributed by atoms with Gasteiger partial charge in [0, 0.05) is 12.6 Å². The quantitative estimate of drug-likeness (QED) is 0.739. The van der Waals surface area contributed by atoms with Gasteiger partial charge in [-0.25, -0.2) is 19.3 Å². The van der Waals surface area contributed by atoms with Gasteiger partial charge in [0.2, 0.25) is 0 Å². The Hall–Kier alpha value is -1.89. The van der Waals surface area contributed by atoms with Gasteiger partial charge < -0.3 is 10.4 Å². The molecule has 0 fully saturated rings. The maximum Gasteiger partial charge on any atom is 0.349 e. The van der Waals surface area contributed by atoms with Crippen LogP contribution >= 0.6 is 0 Å². The number of nitrogens with zero attached hydrogens (tertiary/aromatic N) is 3. The third kappa shape index (κ3) is 2.93. The van der Waals surface area contributed by atoms with Crippen molar-refractivity contribution in [3.8, 4) is 0 Å². The number of aromatic nitrogens is 4. The lowest BCUT2D eigenvalue weighted by atomic mass is 10.0. The Morgan fingerprint density at radius 2 is 2.32 bits per heavy atom. The summed E-state index contributed by atoms with van der Waals surface area (Å²) in [5, 5.41) is 19.5. The van der Waals surface area contributed by atoms with Gasteiger partial charge in [-0.3, -0.25) is 0 Å². The van der Waals surface area contributed by atoms with Gasteiger partial charge in [-0.15, -0.1) is 0 Å². The smallest absolute Gasteiger partial charge is 0.349 e. The molecule has 1 atom stereocenters. The molecule has 0 saturated carbocycles. The van der Waals surface area contributed by atoms with Crippen molar-refractivity contribution in [2.24, 2.45) is 0 Å². The molecule has 1 unspecified atom stereocenters. The number of rotatable bonds is 5. The second-order valence-corrected chi connectivity index (χ2v) is 5.01. The van der Waals surface area contributed by atoms with E-state index in [1.54, 1.807) is 19.9 Å². The zero-order valence-electron chi connectivity index (χ0n) is 11.4. The average Bonchev–Trinajstić information content (AvgIpc) is 2.69. The molecule has 0 aliphatic carbocycles. The van der Waals surface area contributed by atoms with Crippen LogP contribution in [-0.2, 0) is 0 Å². The van der Waals surface area contributed by atoms with E-state index in [1.165, 1.54) is 4.40 Å². The zero-order valence-corrected chi connectivity index (χ0v) is 11.4. The lowest BCUT2D eigenvalue weighted by Gasteiger charge is -2.23. The van der Waals surface area contributed by atoms with E-state index >= 15 is 0 Å². The van der Waals surface area contributed by atoms with Gasteiger partial charge in [-0.1, -0.05) is 13.3 Å². The van der Waals surface area contributed by atoms with Crippen molar-refractivity contribution < 1.29 is 5.11 Å². The fourth-order valence-electron chi connectivity index (χ4n) is 2.10. The van der Waals surface area contributed by atoms with Crippen molar-refractivity contribution in [2.75, 3.05) is 11.9 Å². The molecule has 0 amide bonds. The summed E-state index contributed by atoms with van der Waals surface area (Å²) in [5.41, 5.74) is -0.568. The van der Waals surface area contributed by atoms with Crippen molar-refractivity contribution in [1.82, 2.24) is 19.6 Å². The van der Waals surface area contributed by atoms with Gasteiger partial charge in [0.25, 0.3) is 0 Å². The maximum atomic E-state index is 11.5. The van der Waals surface area contributed by atoms with Crippen LogP contribution in [0.2, 0.25) is 0 Å². The highest BCUT2D eigenvalue weighted by molar-refractivity contribution is 5.49. The van der Waals surface area contributed by atoms with E-state index in [0.29, 0.717) is 30.3 Å². The van der Waals surface area contributed by atoms with E-state index < -0.39 is 5.60 Å². The largest absolute Gasteiger partial charge is 0.388 e. The highest BCUT2D eigenvalue weighted by atomic mass is 16.3. The van der Waals surface area contributed by atoms with E-state index in [-0.39, 0.29) is 5.69 Å². The molecule has 7 heteroatoms. The van der Waals surface area contributed by atoms with Crippen LogP contribution in [0, 0.1) is 6.92 Å². The number of aromatic amines is 1. The number of H-pyrrole nitrogens is 1. The van der Waals surface area contributed by atoms with Crippen LogP contribution in [0.5, 0.6) is 0 Å². The molecule has 0 aromatic carbocycles. The molecule has 2 rings (SSSR count). The summed E-state index contributed by atoms with van der Waals surface area (Å²) in [7, 11) is 0. The Balaban J connectivity index is 2.20. The first-order valence-electron chi connectivity index (χ1n) is 6.34. The summed E-state index contributed by atoms with van der Waals surface area (Å²) in [6.07, 6.45) is 1.62. The Morgan fingerprint density at radius 3 is 3.00 bits per heavy atom. The van der Waals surface area contributed by atoms with Gasteiger partial charge in [-0.05, 0) is 20.3 Å². The van der Waals surface area contributed by atoms with Crippen LogP contribution < -0.4 is 11.0 Å². The van der Waals surface area contributed by atoms with E-state index in [0.717, 1.165) is 6.42 Å². The summed E-state index contributed by atoms with van der Waals surface area (Å²) >= 11 is 0. The monoisotopic (exact) mass is 265 g/mol. The predicted molar refractivity (Wildman–Crippen MR) is 72.4 cm³/mol. The molecule has 0 saturated heterocycles. The minimum atomic E-state index is -0.776. The van der Waals surface area contributed by atoms with Crippen molar-refractivity contribution >= 4 is 11.5 Å². The van der Waals surface area contributed by atoms with Gasteiger partial charge in [-0.2, -0.15) is 5.10 Å². The molecule has 0 aliphatic rings. The molecule has 2 aromatic rings. The molecule has 104 valence electrons. The fourth-order valence-corrected chi connectivity index (χ4v) is 2.10. The van der Waals surface area contributed by atoms with Crippen molar-refractivity contribution in [1.29, 1.82) is 0 Å². The van der Waals surface area contributed by atoms with Crippen LogP contribution in [0.15, 0.2) is 10.9 Å². The summed E-state index contributed by atoms with van der Waals surface area (Å²) < 4.78 is 1.40. The van der Waals surface area contributed by atoms with Gasteiger partial charge >= 0.3 is 5.69 Å². The highest BCUT2D eigenvalue weighted by Crippen LogP contribution is 2.14. The maximum absolute atomic E-state index is 11.5. The molecule has 2 aromatic heterocycles. The second kappa shape index (κ2) is 5.00. The summed E-state index contributed by atoms with van der Waals surface area (Å²) in [4.78, 5) is 15.7. The number of fused-ring (bicyclic) bond motifs is 1. The summed E-state index contributed by atoms with van der Waals surface area (Å²) in [6.45, 7) is 5.95. The topological polar surface area (TPSA) is 95.3 Å². The van der Waals surface area contributed by atoms with E-state index in [2.05, 4.69) is 20.5 Å². The first-order chi connectivity index (χ1) is 8.93. The van der Waals surface area contributed by atoms with Crippen LogP contribution in [0.3, 0.4) is 0 Å². The number of aryl methyl sites for hydroxylation is 1. The first-order valence-corrected chi connectivity index (χ1v) is 6.34. The van der Waals surface area contributed by atoms with Crippen LogP contribution in [0.1, 0.15) is 32.5 Å². The van der Waals surface area contributed by atoms with Crippen LogP contribution in [0.4, 0.5) is 5.82 Å². The number of anilines is 1. The third-order valence-corrected chi connectivity index (χ3v) is 3.01. The lowest BCUT2D eigenvalue weighted by molar-refractivity contribution is 0.0636. The van der Waals surface area contributed by atoms with Crippen molar-refractivity contribution in [3.05, 3.63) is 22.4 Å². The Morgan fingerprint density at radius 1 is 1.58 bits per heavy atom. The number of nitrogens with one attached hydrogen (secondary N) is 2. The van der Waals surface area contributed by atoms with E-state index in [4.69, 9.17) is 0 Å². The second-order valence-electron chi connectivity index (χ2n) is 5.01. The first kappa shape index (κ1) is 13.5. The fraction of sp³-hybridized carbons (Fsp3) is 0.583. The average molecular weight is 265 g/mol. The number of hydrogen-bond donors (Lipinski definition) is 3. The summed E-state index contributed by atoms with van der Waals surface area (Å²) in [5.74, 6) is 1.15. The normalized spacial score (nSPS) is 14.5. The molecule has 0 bridgehead atoms. The van der Waals surface area contributed by atoms with Gasteiger partial charge in [0.1, 0.15) is 11.6 Å². The SMILES string of the molecule is CCCC(C)(O)CNc1cc2n[nH]c(=O)n2c(C)n1. The molecule has 2 heterocycles. The molecular formula is C12H19N5O2. The predicted octanol–water partition coefficient (Wildman–Crippen LogP) is 0.689. The molecule has 0 spiro atoms. The minimum Gasteiger partial charge on any atom is -0.388 e. The Labute approximate surface area is 110 Å². The number of hydrogen-bond acceptors (Lipinski definition) is 5. The molecule has 0 radical (unpaired) electrons. The van der Waals surface area contributed by atoms with Crippen LogP contribution in [-0.4, -0.2) is 36.8 Å². The zero-order chi connectivity index (χ0) is 14.0. The van der Waals surface area contributed by atoms with Gasteiger partial charge in [0.15, 0.2) is 5.65 Å². The molecular weight excluding hydrogens is 246 g/mol. The van der Waals surface area contributed by atoms with E-state index in [9.17, 15) is 9.90 Å². The van der Waals surface area contributed by atoms with Crippen molar-refractivity contribution in [3.63, 3.8) is 0 Å². The molecule has 19 heavy (non-hydrogen) atoms. The molecule has 0 aliphatic heterocycles. The molecule has 3 N–H and O–H groups in total.